The number of carbonyl (C=O) groups excluding carboxylic acids is 1. The normalized spacial score (nSPS) is 12.0. The van der Waals surface area contributed by atoms with Crippen LogP contribution in [0.25, 0.3) is 11.1 Å². The zero-order valence-electron chi connectivity index (χ0n) is 13.1. The fraction of sp³-hybridized carbons (Fsp3) is 0.105. The molecule has 6 heteroatoms. The van der Waals surface area contributed by atoms with Gasteiger partial charge in [-0.15, -0.1) is 0 Å². The number of aliphatic hydroxyl groups excluding tert-OH is 1. The van der Waals surface area contributed by atoms with E-state index in [1.807, 2.05) is 29.0 Å². The molecular formula is C19H15ClFNO2S. The summed E-state index contributed by atoms with van der Waals surface area (Å²) in [5.74, 6) is -1.35. The number of halogens is 2. The van der Waals surface area contributed by atoms with E-state index >= 15 is 0 Å². The zero-order valence-corrected chi connectivity index (χ0v) is 14.7. The van der Waals surface area contributed by atoms with Crippen molar-refractivity contribution in [2.24, 2.45) is 0 Å². The highest BCUT2D eigenvalue weighted by Crippen LogP contribution is 2.24. The van der Waals surface area contributed by atoms with Crippen molar-refractivity contribution >= 4 is 28.8 Å². The van der Waals surface area contributed by atoms with Crippen LogP contribution in [0, 0.1) is 5.82 Å². The lowest BCUT2D eigenvalue weighted by molar-refractivity contribution is 0.0912. The van der Waals surface area contributed by atoms with Crippen LogP contribution in [0.1, 0.15) is 22.0 Å². The Morgan fingerprint density at radius 2 is 1.92 bits per heavy atom. The Morgan fingerprint density at radius 3 is 2.56 bits per heavy atom. The van der Waals surface area contributed by atoms with Gasteiger partial charge in [-0.2, -0.15) is 11.3 Å². The van der Waals surface area contributed by atoms with Gasteiger partial charge in [-0.05, 0) is 45.6 Å². The molecule has 128 valence electrons. The lowest BCUT2D eigenvalue weighted by atomic mass is 10.0. The van der Waals surface area contributed by atoms with E-state index in [1.165, 1.54) is 18.2 Å². The van der Waals surface area contributed by atoms with E-state index in [1.54, 1.807) is 23.5 Å². The van der Waals surface area contributed by atoms with Crippen molar-refractivity contribution in [1.82, 2.24) is 5.32 Å². The Labute approximate surface area is 153 Å². The molecule has 1 aromatic heterocycles. The largest absolute Gasteiger partial charge is 0.387 e. The second-order valence-electron chi connectivity index (χ2n) is 5.46. The lowest BCUT2D eigenvalue weighted by Gasteiger charge is -2.13. The Morgan fingerprint density at radius 1 is 1.16 bits per heavy atom. The molecule has 0 fully saturated rings. The van der Waals surface area contributed by atoms with E-state index in [0.29, 0.717) is 5.56 Å². The first-order chi connectivity index (χ1) is 12.1. The van der Waals surface area contributed by atoms with Gasteiger partial charge >= 0.3 is 0 Å². The van der Waals surface area contributed by atoms with Gasteiger partial charge in [0.15, 0.2) is 0 Å². The van der Waals surface area contributed by atoms with E-state index in [0.717, 1.165) is 11.1 Å². The number of hydrogen-bond acceptors (Lipinski definition) is 3. The van der Waals surface area contributed by atoms with Crippen LogP contribution in [0.5, 0.6) is 0 Å². The number of nitrogens with one attached hydrogen (secondary N) is 1. The standard InChI is InChI=1S/C19H15ClFNO2S/c20-15-2-1-3-16(21)18(15)19(24)22-10-17(23)13-6-4-12(5-7-13)14-8-9-25-11-14/h1-9,11,17,23H,10H2,(H,22,24)/t17-/m1/s1. The van der Waals surface area contributed by atoms with Crippen molar-refractivity contribution in [2.45, 2.75) is 6.10 Å². The summed E-state index contributed by atoms with van der Waals surface area (Å²) < 4.78 is 13.7. The maximum absolute atomic E-state index is 13.7. The fourth-order valence-corrected chi connectivity index (χ4v) is 3.35. The van der Waals surface area contributed by atoms with Gasteiger partial charge < -0.3 is 10.4 Å². The van der Waals surface area contributed by atoms with Gasteiger partial charge in [0.05, 0.1) is 16.7 Å². The minimum absolute atomic E-state index is 0.0344. The van der Waals surface area contributed by atoms with Crippen LogP contribution in [0.15, 0.2) is 59.3 Å². The van der Waals surface area contributed by atoms with Crippen molar-refractivity contribution in [1.29, 1.82) is 0 Å². The van der Waals surface area contributed by atoms with Crippen LogP contribution in [0.4, 0.5) is 4.39 Å². The quantitative estimate of drug-likeness (QED) is 0.680. The SMILES string of the molecule is O=C(NC[C@@H](O)c1ccc(-c2ccsc2)cc1)c1c(F)cccc1Cl. The van der Waals surface area contributed by atoms with Crippen molar-refractivity contribution in [2.75, 3.05) is 6.54 Å². The smallest absolute Gasteiger partial charge is 0.255 e. The summed E-state index contributed by atoms with van der Waals surface area (Å²) in [7, 11) is 0. The van der Waals surface area contributed by atoms with Gasteiger partial charge in [0.2, 0.25) is 0 Å². The monoisotopic (exact) mass is 375 g/mol. The number of carbonyl (C=O) groups is 1. The Balaban J connectivity index is 1.64. The van der Waals surface area contributed by atoms with Gasteiger partial charge in [-0.3, -0.25) is 4.79 Å². The molecule has 3 nitrogen and oxygen atoms in total. The molecule has 0 aliphatic carbocycles. The number of benzene rings is 2. The Hall–Kier alpha value is -2.21. The lowest BCUT2D eigenvalue weighted by Crippen LogP contribution is -2.29. The maximum Gasteiger partial charge on any atom is 0.255 e. The molecule has 3 aromatic rings. The number of rotatable bonds is 5. The molecule has 0 unspecified atom stereocenters. The predicted octanol–water partition coefficient (Wildman–Crippen LogP) is 4.67. The highest BCUT2D eigenvalue weighted by Gasteiger charge is 2.17. The minimum Gasteiger partial charge on any atom is -0.387 e. The Bertz CT molecular complexity index is 845. The summed E-state index contributed by atoms with van der Waals surface area (Å²) >= 11 is 7.48. The molecule has 0 saturated carbocycles. The van der Waals surface area contributed by atoms with E-state index in [9.17, 15) is 14.3 Å². The topological polar surface area (TPSA) is 49.3 Å². The molecule has 0 spiro atoms. The molecule has 3 rings (SSSR count). The zero-order chi connectivity index (χ0) is 17.8. The molecule has 0 saturated heterocycles. The Kier molecular flexibility index (Phi) is 5.48. The highest BCUT2D eigenvalue weighted by molar-refractivity contribution is 7.08. The average molecular weight is 376 g/mol. The molecular weight excluding hydrogens is 361 g/mol. The number of amides is 1. The van der Waals surface area contributed by atoms with Crippen LogP contribution in [-0.4, -0.2) is 17.6 Å². The van der Waals surface area contributed by atoms with E-state index in [2.05, 4.69) is 5.32 Å². The van der Waals surface area contributed by atoms with Crippen LogP contribution in [-0.2, 0) is 0 Å². The first kappa shape index (κ1) is 17.6. The van der Waals surface area contributed by atoms with Crippen LogP contribution >= 0.6 is 22.9 Å². The second-order valence-corrected chi connectivity index (χ2v) is 6.64. The third kappa shape index (κ3) is 4.07. The molecule has 0 bridgehead atoms. The molecule has 1 atom stereocenters. The van der Waals surface area contributed by atoms with Crippen LogP contribution in [0.2, 0.25) is 5.02 Å². The van der Waals surface area contributed by atoms with Gasteiger partial charge in [-0.1, -0.05) is 41.9 Å². The molecule has 2 N–H and O–H groups in total. The second kappa shape index (κ2) is 7.78. The highest BCUT2D eigenvalue weighted by atomic mass is 35.5. The summed E-state index contributed by atoms with van der Waals surface area (Å²) in [6.45, 7) is -0.0404. The van der Waals surface area contributed by atoms with Crippen molar-refractivity contribution < 1.29 is 14.3 Å². The number of aliphatic hydroxyl groups is 1. The summed E-state index contributed by atoms with van der Waals surface area (Å²) in [5, 5.41) is 16.8. The van der Waals surface area contributed by atoms with Gasteiger partial charge in [0.25, 0.3) is 5.91 Å². The molecule has 0 radical (unpaired) electrons. The minimum atomic E-state index is -0.897. The summed E-state index contributed by atoms with van der Waals surface area (Å²) in [5.41, 5.74) is 2.62. The third-order valence-corrected chi connectivity index (χ3v) is 4.79. The van der Waals surface area contributed by atoms with E-state index < -0.39 is 17.8 Å². The van der Waals surface area contributed by atoms with Crippen molar-refractivity contribution in [3.8, 4) is 11.1 Å². The predicted molar refractivity (Wildman–Crippen MR) is 98.5 cm³/mol. The van der Waals surface area contributed by atoms with Crippen LogP contribution < -0.4 is 5.32 Å². The summed E-state index contributed by atoms with van der Waals surface area (Å²) in [4.78, 5) is 12.1. The van der Waals surface area contributed by atoms with Crippen LogP contribution in [0.3, 0.4) is 0 Å². The maximum atomic E-state index is 13.7. The van der Waals surface area contributed by atoms with Gasteiger partial charge in [0, 0.05) is 6.54 Å². The first-order valence-electron chi connectivity index (χ1n) is 7.59. The van der Waals surface area contributed by atoms with E-state index in [-0.39, 0.29) is 17.1 Å². The first-order valence-corrected chi connectivity index (χ1v) is 8.91. The van der Waals surface area contributed by atoms with Gasteiger partial charge in [-0.25, -0.2) is 4.39 Å². The molecule has 0 aliphatic rings. The molecule has 1 heterocycles. The molecule has 0 aliphatic heterocycles. The summed E-state index contributed by atoms with van der Waals surface area (Å²) in [6, 6.07) is 13.5. The van der Waals surface area contributed by atoms with E-state index in [4.69, 9.17) is 11.6 Å². The molecule has 2 aromatic carbocycles. The van der Waals surface area contributed by atoms with Crippen molar-refractivity contribution in [3.63, 3.8) is 0 Å². The average Bonchev–Trinajstić information content (AvgIpc) is 3.14. The molecule has 25 heavy (non-hydrogen) atoms. The van der Waals surface area contributed by atoms with Crippen molar-refractivity contribution in [3.05, 3.63) is 81.3 Å². The third-order valence-electron chi connectivity index (χ3n) is 3.80. The summed E-state index contributed by atoms with van der Waals surface area (Å²) in [6.07, 6.45) is -0.897. The number of hydrogen-bond donors (Lipinski definition) is 2. The molecule has 1 amide bonds. The van der Waals surface area contributed by atoms with Gasteiger partial charge in [0.1, 0.15) is 5.82 Å². The number of thiophene rings is 1. The fourth-order valence-electron chi connectivity index (χ4n) is 2.44.